The van der Waals surface area contributed by atoms with Crippen LogP contribution in [-0.2, 0) is 5.41 Å². The number of fused-ring (bicyclic) bond motifs is 1. The van der Waals surface area contributed by atoms with Crippen LogP contribution in [0.3, 0.4) is 0 Å². The SMILES string of the molecule is CC(C)(c1ccccn1)C(N)c1ccccc1-c1noc2ccccc12.Cl. The molecule has 0 radical (unpaired) electrons. The van der Waals surface area contributed by atoms with E-state index < -0.39 is 0 Å². The second-order valence-electron chi connectivity index (χ2n) is 7.03. The highest BCUT2D eigenvalue weighted by atomic mass is 35.5. The molecular formula is C22H22ClN3O. The molecule has 0 aliphatic carbocycles. The number of aromatic nitrogens is 2. The third-order valence-corrected chi connectivity index (χ3v) is 5.03. The van der Waals surface area contributed by atoms with E-state index in [1.165, 1.54) is 0 Å². The van der Waals surface area contributed by atoms with Crippen molar-refractivity contribution in [2.75, 3.05) is 0 Å². The van der Waals surface area contributed by atoms with E-state index in [1.807, 2.05) is 60.7 Å². The summed E-state index contributed by atoms with van der Waals surface area (Å²) in [7, 11) is 0. The van der Waals surface area contributed by atoms with Gasteiger partial charge >= 0.3 is 0 Å². The highest BCUT2D eigenvalue weighted by molar-refractivity contribution is 5.92. The minimum Gasteiger partial charge on any atom is -0.356 e. The van der Waals surface area contributed by atoms with Crippen LogP contribution in [0.25, 0.3) is 22.2 Å². The van der Waals surface area contributed by atoms with Crippen LogP contribution < -0.4 is 5.73 Å². The summed E-state index contributed by atoms with van der Waals surface area (Å²) in [6.45, 7) is 4.25. The number of hydrogen-bond donors (Lipinski definition) is 1. The summed E-state index contributed by atoms with van der Waals surface area (Å²) in [5.74, 6) is 0. The molecule has 0 amide bonds. The first kappa shape index (κ1) is 19.1. The summed E-state index contributed by atoms with van der Waals surface area (Å²) in [6, 6.07) is 21.7. The van der Waals surface area contributed by atoms with Gasteiger partial charge in [0.25, 0.3) is 0 Å². The van der Waals surface area contributed by atoms with Crippen molar-refractivity contribution in [1.82, 2.24) is 10.1 Å². The van der Waals surface area contributed by atoms with Crippen LogP contribution in [0.2, 0.25) is 0 Å². The summed E-state index contributed by atoms with van der Waals surface area (Å²) >= 11 is 0. The Balaban J connectivity index is 0.00000210. The van der Waals surface area contributed by atoms with Gasteiger partial charge < -0.3 is 10.3 Å². The van der Waals surface area contributed by atoms with Gasteiger partial charge in [-0.25, -0.2) is 0 Å². The fourth-order valence-corrected chi connectivity index (χ4v) is 3.36. The van der Waals surface area contributed by atoms with Gasteiger partial charge in [-0.2, -0.15) is 0 Å². The normalized spacial score (nSPS) is 12.6. The van der Waals surface area contributed by atoms with Crippen LogP contribution in [0.15, 0.2) is 77.4 Å². The Morgan fingerprint density at radius 3 is 2.41 bits per heavy atom. The molecule has 27 heavy (non-hydrogen) atoms. The number of benzene rings is 2. The van der Waals surface area contributed by atoms with E-state index in [9.17, 15) is 0 Å². The second-order valence-corrected chi connectivity index (χ2v) is 7.03. The maximum absolute atomic E-state index is 6.76. The molecule has 1 atom stereocenters. The minimum atomic E-state index is -0.336. The van der Waals surface area contributed by atoms with E-state index in [0.29, 0.717) is 0 Å². The van der Waals surface area contributed by atoms with Gasteiger partial charge in [-0.1, -0.05) is 61.5 Å². The second kappa shape index (κ2) is 7.51. The zero-order valence-corrected chi connectivity index (χ0v) is 16.1. The van der Waals surface area contributed by atoms with E-state index in [4.69, 9.17) is 10.3 Å². The van der Waals surface area contributed by atoms with Gasteiger partial charge in [-0.05, 0) is 29.8 Å². The number of pyridine rings is 1. The van der Waals surface area contributed by atoms with Crippen molar-refractivity contribution in [2.45, 2.75) is 25.3 Å². The van der Waals surface area contributed by atoms with Crippen LogP contribution in [0, 0.1) is 0 Å². The molecule has 0 spiro atoms. The lowest BCUT2D eigenvalue weighted by Gasteiger charge is -2.32. The van der Waals surface area contributed by atoms with Crippen molar-refractivity contribution in [1.29, 1.82) is 0 Å². The average molecular weight is 380 g/mol. The maximum Gasteiger partial charge on any atom is 0.167 e. The standard InChI is InChI=1S/C22H21N3O.ClH/c1-22(2,19-13-7-8-14-24-19)21(23)16-10-4-3-9-15(16)20-17-11-5-6-12-18(17)26-25-20;/h3-14,21H,23H2,1-2H3;1H. The van der Waals surface area contributed by atoms with Gasteiger partial charge in [-0.3, -0.25) is 4.98 Å². The monoisotopic (exact) mass is 379 g/mol. The summed E-state index contributed by atoms with van der Waals surface area (Å²) in [5.41, 5.74) is 11.0. The first-order chi connectivity index (χ1) is 12.6. The summed E-state index contributed by atoms with van der Waals surface area (Å²) < 4.78 is 5.51. The number of para-hydroxylation sites is 1. The van der Waals surface area contributed by atoms with Crippen LogP contribution >= 0.6 is 12.4 Å². The molecule has 0 bridgehead atoms. The van der Waals surface area contributed by atoms with Crippen LogP contribution in [0.4, 0.5) is 0 Å². The number of rotatable bonds is 4. The van der Waals surface area contributed by atoms with Crippen molar-refractivity contribution in [3.63, 3.8) is 0 Å². The predicted octanol–water partition coefficient (Wildman–Crippen LogP) is 5.29. The van der Waals surface area contributed by atoms with Gasteiger partial charge in [0.05, 0.1) is 0 Å². The first-order valence-corrected chi connectivity index (χ1v) is 8.70. The molecule has 0 aliphatic heterocycles. The first-order valence-electron chi connectivity index (χ1n) is 8.70. The molecule has 4 rings (SSSR count). The maximum atomic E-state index is 6.76. The molecule has 1 unspecified atom stereocenters. The molecule has 4 aromatic rings. The Kier molecular flexibility index (Phi) is 5.31. The number of hydrogen-bond acceptors (Lipinski definition) is 4. The van der Waals surface area contributed by atoms with Crippen molar-refractivity contribution in [2.24, 2.45) is 5.73 Å². The molecule has 2 aromatic carbocycles. The number of nitrogens with zero attached hydrogens (tertiary/aromatic N) is 2. The van der Waals surface area contributed by atoms with E-state index in [-0.39, 0.29) is 23.9 Å². The number of nitrogens with two attached hydrogens (primary N) is 1. The van der Waals surface area contributed by atoms with Crippen LogP contribution in [0.5, 0.6) is 0 Å². The average Bonchev–Trinajstić information content (AvgIpc) is 3.12. The quantitative estimate of drug-likeness (QED) is 0.523. The lowest BCUT2D eigenvalue weighted by Crippen LogP contribution is -2.34. The van der Waals surface area contributed by atoms with Gasteiger partial charge in [0, 0.05) is 34.3 Å². The van der Waals surface area contributed by atoms with Gasteiger partial charge in [0.2, 0.25) is 0 Å². The van der Waals surface area contributed by atoms with E-state index in [0.717, 1.165) is 33.5 Å². The smallest absolute Gasteiger partial charge is 0.167 e. The Hall–Kier alpha value is -2.69. The third-order valence-electron chi connectivity index (χ3n) is 5.03. The van der Waals surface area contributed by atoms with E-state index in [1.54, 1.807) is 6.20 Å². The Bertz CT molecular complexity index is 1040. The summed E-state index contributed by atoms with van der Waals surface area (Å²) in [6.07, 6.45) is 1.81. The topological polar surface area (TPSA) is 64.9 Å². The van der Waals surface area contributed by atoms with Crippen molar-refractivity contribution >= 4 is 23.4 Å². The molecule has 2 heterocycles. The lowest BCUT2D eigenvalue weighted by molar-refractivity contribution is 0.409. The Morgan fingerprint density at radius 1 is 0.926 bits per heavy atom. The summed E-state index contributed by atoms with van der Waals surface area (Å²) in [5, 5.41) is 5.31. The van der Waals surface area contributed by atoms with Gasteiger partial charge in [-0.15, -0.1) is 12.4 Å². The highest BCUT2D eigenvalue weighted by Crippen LogP contribution is 2.39. The highest BCUT2D eigenvalue weighted by Gasteiger charge is 2.33. The zero-order chi connectivity index (χ0) is 18.1. The lowest BCUT2D eigenvalue weighted by atomic mass is 9.76. The molecule has 2 N–H and O–H groups in total. The van der Waals surface area contributed by atoms with Gasteiger partial charge in [0.1, 0.15) is 5.69 Å². The van der Waals surface area contributed by atoms with Crippen molar-refractivity contribution in [3.05, 3.63) is 84.2 Å². The molecule has 0 aliphatic rings. The number of halogens is 1. The fourth-order valence-electron chi connectivity index (χ4n) is 3.36. The molecule has 0 saturated carbocycles. The van der Waals surface area contributed by atoms with E-state index >= 15 is 0 Å². The largest absolute Gasteiger partial charge is 0.356 e. The van der Waals surface area contributed by atoms with E-state index in [2.05, 4.69) is 30.1 Å². The third kappa shape index (κ3) is 3.34. The van der Waals surface area contributed by atoms with Crippen LogP contribution in [0.1, 0.15) is 31.1 Å². The molecule has 0 fully saturated rings. The minimum absolute atomic E-state index is 0. The summed E-state index contributed by atoms with van der Waals surface area (Å²) in [4.78, 5) is 4.53. The van der Waals surface area contributed by atoms with Crippen molar-refractivity contribution in [3.8, 4) is 11.3 Å². The molecule has 5 heteroatoms. The molecule has 0 saturated heterocycles. The van der Waals surface area contributed by atoms with Crippen molar-refractivity contribution < 1.29 is 4.52 Å². The molecular weight excluding hydrogens is 358 g/mol. The molecule has 4 nitrogen and oxygen atoms in total. The predicted molar refractivity (Wildman–Crippen MR) is 111 cm³/mol. The zero-order valence-electron chi connectivity index (χ0n) is 15.3. The molecule has 2 aromatic heterocycles. The fraction of sp³-hybridized carbons (Fsp3) is 0.182. The molecule has 138 valence electrons. The Morgan fingerprint density at radius 2 is 1.63 bits per heavy atom. The van der Waals surface area contributed by atoms with Crippen LogP contribution in [-0.4, -0.2) is 10.1 Å². The Labute approximate surface area is 164 Å². The van der Waals surface area contributed by atoms with Gasteiger partial charge in [0.15, 0.2) is 5.58 Å².